The van der Waals surface area contributed by atoms with Gasteiger partial charge >= 0.3 is 0 Å². The third kappa shape index (κ3) is 3.71. The third-order valence-electron chi connectivity index (χ3n) is 3.01. The minimum atomic E-state index is -0.475. The Morgan fingerprint density at radius 2 is 2.12 bits per heavy atom. The number of aromatic nitrogens is 2. The fraction of sp³-hybridized carbons (Fsp3) is 0.636. The van der Waals surface area contributed by atoms with Crippen molar-refractivity contribution >= 4 is 29.2 Å². The number of hydrogen-bond acceptors (Lipinski definition) is 4. The van der Waals surface area contributed by atoms with Gasteiger partial charge in [0.05, 0.1) is 6.20 Å². The molecule has 0 fully saturated rings. The van der Waals surface area contributed by atoms with Gasteiger partial charge in [0, 0.05) is 11.3 Å². The van der Waals surface area contributed by atoms with Crippen molar-refractivity contribution in [3.05, 3.63) is 17.3 Å². The van der Waals surface area contributed by atoms with E-state index in [2.05, 4.69) is 35.4 Å². The Labute approximate surface area is 111 Å². The zero-order chi connectivity index (χ0) is 12.9. The first-order valence-corrected chi connectivity index (χ1v) is 7.14. The molecule has 1 heterocycles. The summed E-state index contributed by atoms with van der Waals surface area (Å²) in [6.45, 7) is 4.92. The fourth-order valence-corrected chi connectivity index (χ4v) is 2.50. The van der Waals surface area contributed by atoms with Crippen LogP contribution < -0.4 is 5.32 Å². The van der Waals surface area contributed by atoms with E-state index >= 15 is 0 Å². The lowest BCUT2D eigenvalue weighted by Crippen LogP contribution is -2.32. The number of hydrogen-bond donors (Lipinski definition) is 1. The predicted molar refractivity (Wildman–Crippen MR) is 72.3 cm³/mol. The second-order valence-electron chi connectivity index (χ2n) is 3.78. The van der Waals surface area contributed by atoms with Crippen LogP contribution in [0.4, 0.5) is 10.2 Å². The van der Waals surface area contributed by atoms with Crippen LogP contribution in [0.1, 0.15) is 26.7 Å². The van der Waals surface area contributed by atoms with Crippen LogP contribution in [-0.4, -0.2) is 27.5 Å². The highest BCUT2D eigenvalue weighted by Crippen LogP contribution is 2.30. The Morgan fingerprint density at radius 3 is 2.65 bits per heavy atom. The van der Waals surface area contributed by atoms with Crippen molar-refractivity contribution in [2.75, 3.05) is 18.1 Å². The Bertz CT molecular complexity index is 363. The molecule has 0 aliphatic rings. The van der Waals surface area contributed by atoms with Crippen LogP contribution in [0.25, 0.3) is 0 Å². The van der Waals surface area contributed by atoms with Crippen LogP contribution in [-0.2, 0) is 0 Å². The molecule has 0 unspecified atom stereocenters. The largest absolute Gasteiger partial charge is 0.366 e. The quantitative estimate of drug-likeness (QED) is 0.806. The van der Waals surface area contributed by atoms with Crippen LogP contribution in [0.3, 0.4) is 0 Å². The molecule has 1 aromatic rings. The van der Waals surface area contributed by atoms with Crippen LogP contribution >= 0.6 is 23.4 Å². The van der Waals surface area contributed by atoms with E-state index in [4.69, 9.17) is 11.6 Å². The molecule has 0 bridgehead atoms. The summed E-state index contributed by atoms with van der Waals surface area (Å²) in [6, 6.07) is 0. The van der Waals surface area contributed by atoms with Crippen molar-refractivity contribution in [1.82, 2.24) is 9.97 Å². The van der Waals surface area contributed by atoms with Crippen molar-refractivity contribution in [2.24, 2.45) is 0 Å². The molecule has 0 radical (unpaired) electrons. The SMILES string of the molecule is CCC(CC)(CNc1nc(Cl)ncc1F)SC. The van der Waals surface area contributed by atoms with E-state index in [1.165, 1.54) is 0 Å². The fourth-order valence-electron chi connectivity index (χ4n) is 1.58. The van der Waals surface area contributed by atoms with Gasteiger partial charge in [-0.15, -0.1) is 0 Å². The maximum Gasteiger partial charge on any atom is 0.224 e. The summed E-state index contributed by atoms with van der Waals surface area (Å²) in [5, 5.41) is 3.07. The molecule has 0 saturated carbocycles. The summed E-state index contributed by atoms with van der Waals surface area (Å²) in [7, 11) is 0. The van der Waals surface area contributed by atoms with Crippen LogP contribution in [0.15, 0.2) is 6.20 Å². The number of thioether (sulfide) groups is 1. The molecule has 1 aromatic heterocycles. The molecule has 0 saturated heterocycles. The number of nitrogens with zero attached hydrogens (tertiary/aromatic N) is 2. The molecule has 0 aliphatic heterocycles. The minimum Gasteiger partial charge on any atom is -0.366 e. The van der Waals surface area contributed by atoms with Crippen LogP contribution in [0.5, 0.6) is 0 Å². The van der Waals surface area contributed by atoms with Gasteiger partial charge in [0.25, 0.3) is 0 Å². The molecule has 0 atom stereocenters. The van der Waals surface area contributed by atoms with E-state index in [1.54, 1.807) is 11.8 Å². The summed E-state index contributed by atoms with van der Waals surface area (Å²) in [4.78, 5) is 7.42. The lowest BCUT2D eigenvalue weighted by Gasteiger charge is -2.30. The van der Waals surface area contributed by atoms with Crippen LogP contribution in [0.2, 0.25) is 5.28 Å². The van der Waals surface area contributed by atoms with Gasteiger partial charge in [-0.3, -0.25) is 0 Å². The minimum absolute atomic E-state index is 0.0525. The first-order valence-electron chi connectivity index (χ1n) is 5.54. The summed E-state index contributed by atoms with van der Waals surface area (Å²) < 4.78 is 13.5. The third-order valence-corrected chi connectivity index (χ3v) is 4.78. The molecule has 6 heteroatoms. The highest BCUT2D eigenvalue weighted by molar-refractivity contribution is 8.00. The summed E-state index contributed by atoms with van der Waals surface area (Å²) in [5.41, 5.74) is 0. The number of rotatable bonds is 6. The molecular weight excluding hydrogens is 261 g/mol. The van der Waals surface area contributed by atoms with E-state index in [9.17, 15) is 4.39 Å². The maximum absolute atomic E-state index is 13.4. The van der Waals surface area contributed by atoms with Gasteiger partial charge in [0.1, 0.15) is 0 Å². The van der Waals surface area contributed by atoms with Gasteiger partial charge in [-0.1, -0.05) is 13.8 Å². The Morgan fingerprint density at radius 1 is 1.47 bits per heavy atom. The summed E-state index contributed by atoms with van der Waals surface area (Å²) in [5.74, 6) is -0.304. The van der Waals surface area contributed by atoms with Crippen molar-refractivity contribution in [3.8, 4) is 0 Å². The summed E-state index contributed by atoms with van der Waals surface area (Å²) >= 11 is 7.42. The van der Waals surface area contributed by atoms with Gasteiger partial charge in [-0.25, -0.2) is 9.37 Å². The monoisotopic (exact) mass is 277 g/mol. The lowest BCUT2D eigenvalue weighted by atomic mass is 10.0. The van der Waals surface area contributed by atoms with Gasteiger partial charge < -0.3 is 5.32 Å². The molecule has 17 heavy (non-hydrogen) atoms. The van der Waals surface area contributed by atoms with E-state index in [1.807, 2.05) is 0 Å². The van der Waals surface area contributed by atoms with E-state index < -0.39 is 5.82 Å². The molecule has 3 nitrogen and oxygen atoms in total. The molecule has 0 aromatic carbocycles. The van der Waals surface area contributed by atoms with Gasteiger partial charge in [-0.2, -0.15) is 16.7 Å². The number of anilines is 1. The molecule has 0 spiro atoms. The summed E-state index contributed by atoms with van der Waals surface area (Å²) in [6.07, 6.45) is 5.17. The maximum atomic E-state index is 13.4. The van der Waals surface area contributed by atoms with Gasteiger partial charge in [0.15, 0.2) is 11.6 Å². The predicted octanol–water partition coefficient (Wildman–Crippen LogP) is 3.60. The molecule has 0 amide bonds. The molecule has 1 N–H and O–H groups in total. The Kier molecular flexibility index (Phi) is 5.46. The number of nitrogens with one attached hydrogen (secondary N) is 1. The lowest BCUT2D eigenvalue weighted by molar-refractivity contribution is 0.566. The molecule has 1 rings (SSSR count). The average molecular weight is 278 g/mol. The average Bonchev–Trinajstić information content (AvgIpc) is 2.35. The first kappa shape index (κ1) is 14.5. The second kappa shape index (κ2) is 6.40. The smallest absolute Gasteiger partial charge is 0.224 e. The Hall–Kier alpha value is -0.550. The van der Waals surface area contributed by atoms with Crippen molar-refractivity contribution in [2.45, 2.75) is 31.4 Å². The zero-order valence-corrected chi connectivity index (χ0v) is 11.8. The van der Waals surface area contributed by atoms with Crippen LogP contribution in [0, 0.1) is 5.82 Å². The standard InChI is InChI=1S/C11H17ClFN3S/c1-4-11(5-2,17-3)7-15-9-8(13)6-14-10(12)16-9/h6H,4-5,7H2,1-3H3,(H,14,15,16). The second-order valence-corrected chi connectivity index (χ2v) is 5.40. The van der Waals surface area contributed by atoms with Crippen molar-refractivity contribution in [3.63, 3.8) is 0 Å². The molecule has 0 aliphatic carbocycles. The Balaban J connectivity index is 2.75. The van der Waals surface area contributed by atoms with Crippen molar-refractivity contribution < 1.29 is 4.39 Å². The highest BCUT2D eigenvalue weighted by atomic mass is 35.5. The number of halogens is 2. The highest BCUT2D eigenvalue weighted by Gasteiger charge is 2.25. The van der Waals surface area contributed by atoms with E-state index in [0.29, 0.717) is 6.54 Å². The molecular formula is C11H17ClFN3S. The first-order chi connectivity index (χ1) is 8.06. The van der Waals surface area contributed by atoms with E-state index in [-0.39, 0.29) is 15.8 Å². The normalized spacial score (nSPS) is 11.6. The molecule has 96 valence electrons. The van der Waals surface area contributed by atoms with Gasteiger partial charge in [0.2, 0.25) is 5.28 Å². The topological polar surface area (TPSA) is 37.8 Å². The zero-order valence-electron chi connectivity index (χ0n) is 10.3. The van der Waals surface area contributed by atoms with E-state index in [0.717, 1.165) is 19.0 Å². The van der Waals surface area contributed by atoms with Gasteiger partial charge in [-0.05, 0) is 30.7 Å². The van der Waals surface area contributed by atoms with Crippen molar-refractivity contribution in [1.29, 1.82) is 0 Å².